The van der Waals surface area contributed by atoms with Gasteiger partial charge in [-0.1, -0.05) is 19.6 Å². The van der Waals surface area contributed by atoms with Gasteiger partial charge in [-0.05, 0) is 6.00 Å². The highest BCUT2D eigenvalue weighted by Crippen LogP contribution is 2.10. The summed E-state index contributed by atoms with van der Waals surface area (Å²) in [5, 5.41) is 8.55. The van der Waals surface area contributed by atoms with Crippen molar-refractivity contribution in [1.29, 1.82) is 0 Å². The molecule has 0 saturated heterocycles. The summed E-state index contributed by atoms with van der Waals surface area (Å²) in [5.74, 6) is -4.01. The van der Waals surface area contributed by atoms with Gasteiger partial charge in [-0.15, -0.1) is 0 Å². The van der Waals surface area contributed by atoms with Gasteiger partial charge in [0, 0.05) is 19.9 Å². The summed E-state index contributed by atoms with van der Waals surface area (Å²) in [5.41, 5.74) is 0. The molecular formula is C6H14O2Si. The lowest BCUT2D eigenvalue weighted by atomic mass is 10.7. The summed E-state index contributed by atoms with van der Waals surface area (Å²) in [6.45, 7) is 4.81. The maximum absolute atomic E-state index is 10.5. The molecule has 0 fully saturated rings. The number of carboxylic acid groups (broad SMARTS) is 1. The van der Waals surface area contributed by atoms with Crippen LogP contribution < -0.4 is 0 Å². The van der Waals surface area contributed by atoms with Crippen molar-refractivity contribution < 1.29 is 15.4 Å². The highest BCUT2D eigenvalue weighted by molar-refractivity contribution is 6.76. The predicted octanol–water partition coefficient (Wildman–Crippen LogP) is 1.80. The quantitative estimate of drug-likeness (QED) is 0.493. The fourth-order valence-electron chi connectivity index (χ4n) is 0.241. The number of hydrogen-bond donors (Lipinski definition) is 1. The first-order valence-corrected chi connectivity index (χ1v) is 6.18. The molecule has 0 aliphatic carbocycles. The Hall–Kier alpha value is -0.313. The van der Waals surface area contributed by atoms with Crippen LogP contribution in [0.1, 0.15) is 11.9 Å². The minimum Gasteiger partial charge on any atom is -0.481 e. The third-order valence-electron chi connectivity index (χ3n) is 0.544. The van der Waals surface area contributed by atoms with Crippen LogP contribution in [-0.4, -0.2) is 19.1 Å². The second-order valence-electron chi connectivity index (χ2n) is 2.81. The molecule has 0 aliphatic rings. The molecule has 1 N–H and O–H groups in total. The van der Waals surface area contributed by atoms with Gasteiger partial charge in [-0.2, -0.15) is 0 Å². The number of aliphatic carboxylic acids is 1. The monoisotopic (exact) mass is 151 g/mol. The average molecular weight is 151 g/mol. The van der Waals surface area contributed by atoms with E-state index in [0.29, 0.717) is 0 Å². The van der Waals surface area contributed by atoms with Gasteiger partial charge in [0.25, 0.3) is 0 Å². The lowest BCUT2D eigenvalue weighted by molar-refractivity contribution is -0.136. The summed E-state index contributed by atoms with van der Waals surface area (Å²) < 4.78 is 29.3. The molecule has 0 spiro atoms. The van der Waals surface area contributed by atoms with Gasteiger partial charge in [0.2, 0.25) is 0 Å². The van der Waals surface area contributed by atoms with E-state index >= 15 is 0 Å². The van der Waals surface area contributed by atoms with E-state index in [9.17, 15) is 4.79 Å². The van der Waals surface area contributed by atoms with Crippen LogP contribution in [-0.2, 0) is 4.79 Å². The van der Waals surface area contributed by atoms with E-state index in [2.05, 4.69) is 0 Å². The molecule has 2 nitrogen and oxygen atoms in total. The summed E-state index contributed by atoms with van der Waals surface area (Å²) >= 11 is 0. The van der Waals surface area contributed by atoms with Gasteiger partial charge in [0.05, 0.1) is 0 Å². The van der Waals surface area contributed by atoms with Crippen molar-refractivity contribution in [3.8, 4) is 0 Å². The van der Waals surface area contributed by atoms with Gasteiger partial charge < -0.3 is 5.11 Å². The van der Waals surface area contributed by atoms with Crippen LogP contribution in [0.2, 0.25) is 25.6 Å². The largest absolute Gasteiger partial charge is 0.481 e. The van der Waals surface area contributed by atoms with Crippen LogP contribution in [0.3, 0.4) is 0 Å². The third kappa shape index (κ3) is 7.69. The molecule has 0 unspecified atom stereocenters. The first kappa shape index (κ1) is 3.76. The van der Waals surface area contributed by atoms with Gasteiger partial charge in [-0.3, -0.25) is 4.79 Å². The number of carboxylic acids is 1. The standard InChI is InChI=1S/C6H14O2Si/c1-9(2,3)5-4-6(7)8/h4-5H2,1-3H3,(H,7,8)/i4D2,5D2,6+1. The van der Waals surface area contributed by atoms with E-state index in [4.69, 9.17) is 10.6 Å². The Labute approximate surface area is 62.5 Å². The second-order valence-corrected chi connectivity index (χ2v) is 7.56. The highest BCUT2D eigenvalue weighted by Gasteiger charge is 2.13. The molecule has 9 heavy (non-hydrogen) atoms. The molecule has 0 radical (unpaired) electrons. The minimum atomic E-state index is -2.81. The number of carbonyl (C=O) groups is 1. The molecule has 0 saturated carbocycles. The van der Waals surface area contributed by atoms with Crippen LogP contribution >= 0.6 is 0 Å². The number of rotatable bonds is 3. The molecular weight excluding hydrogens is 133 g/mol. The Bertz CT molecular complexity index is 221. The predicted molar refractivity (Wildman–Crippen MR) is 40.4 cm³/mol. The van der Waals surface area contributed by atoms with Crippen molar-refractivity contribution in [2.75, 3.05) is 0 Å². The Morgan fingerprint density at radius 3 is 2.22 bits per heavy atom. The minimum absolute atomic E-state index is 1.60. The van der Waals surface area contributed by atoms with Gasteiger partial charge >= 0.3 is 5.97 Å². The zero-order chi connectivity index (χ0) is 11.1. The summed E-state index contributed by atoms with van der Waals surface area (Å²) in [6.07, 6.45) is -2.81. The molecule has 0 heterocycles. The molecule has 0 aromatic heterocycles. The van der Waals surface area contributed by atoms with Crippen molar-refractivity contribution in [3.63, 3.8) is 0 Å². The molecule has 0 rings (SSSR count). The van der Waals surface area contributed by atoms with Crippen LogP contribution in [0.25, 0.3) is 0 Å². The third-order valence-corrected chi connectivity index (χ3v) is 1.42. The maximum Gasteiger partial charge on any atom is 0.303 e. The Morgan fingerprint density at radius 2 is 2.11 bits per heavy atom. The molecule has 0 bridgehead atoms. The lowest BCUT2D eigenvalue weighted by Crippen LogP contribution is -2.20. The molecule has 3 heteroatoms. The van der Waals surface area contributed by atoms with Crippen LogP contribution in [0.5, 0.6) is 0 Å². The van der Waals surface area contributed by atoms with Gasteiger partial charge in [0.15, 0.2) is 0 Å². The van der Waals surface area contributed by atoms with E-state index in [1.54, 1.807) is 19.6 Å². The fourth-order valence-corrected chi connectivity index (χ4v) is 0.723. The Kier molecular flexibility index (Phi) is 1.26. The molecule has 0 aromatic carbocycles. The molecule has 0 amide bonds. The van der Waals surface area contributed by atoms with Crippen molar-refractivity contribution in [2.45, 2.75) is 32.0 Å². The lowest BCUT2D eigenvalue weighted by Gasteiger charge is -2.12. The average Bonchev–Trinajstić information content (AvgIpc) is 1.84. The first-order chi connectivity index (χ1) is 5.44. The van der Waals surface area contributed by atoms with Gasteiger partial charge in [0.1, 0.15) is 0 Å². The maximum atomic E-state index is 10.5. The van der Waals surface area contributed by atoms with Crippen LogP contribution in [0.15, 0.2) is 0 Å². The van der Waals surface area contributed by atoms with Crippen LogP contribution in [0.4, 0.5) is 0 Å². The molecule has 54 valence electrons. The molecule has 0 aromatic rings. The smallest absolute Gasteiger partial charge is 0.303 e. The Morgan fingerprint density at radius 1 is 1.67 bits per heavy atom. The van der Waals surface area contributed by atoms with E-state index in [1.165, 1.54) is 0 Å². The van der Waals surface area contributed by atoms with Crippen molar-refractivity contribution in [2.24, 2.45) is 0 Å². The van der Waals surface area contributed by atoms with Crippen molar-refractivity contribution in [3.05, 3.63) is 0 Å². The van der Waals surface area contributed by atoms with E-state index in [-0.39, 0.29) is 0 Å². The second kappa shape index (κ2) is 3.01. The van der Waals surface area contributed by atoms with Crippen molar-refractivity contribution in [1.82, 2.24) is 0 Å². The van der Waals surface area contributed by atoms with Crippen LogP contribution in [0, 0.1) is 0 Å². The van der Waals surface area contributed by atoms with Gasteiger partial charge in [-0.25, -0.2) is 0 Å². The first-order valence-electron chi connectivity index (χ1n) is 4.68. The number of hydrogen-bond acceptors (Lipinski definition) is 1. The summed E-state index contributed by atoms with van der Waals surface area (Å²) in [6, 6.07) is 0. The summed E-state index contributed by atoms with van der Waals surface area (Å²) in [7, 11) is -2.51. The molecule has 0 aliphatic heterocycles. The fraction of sp³-hybridized carbons (Fsp3) is 0.833. The van der Waals surface area contributed by atoms with Crippen molar-refractivity contribution >= 4 is 14.0 Å². The Balaban J connectivity index is 5.16. The van der Waals surface area contributed by atoms with E-state index < -0.39 is 26.4 Å². The van der Waals surface area contributed by atoms with E-state index in [1.807, 2.05) is 0 Å². The summed E-state index contributed by atoms with van der Waals surface area (Å²) in [4.78, 5) is 10.5. The SMILES string of the molecule is [2H]C([2H])([13C](=O)O)C([2H])([2H])[Si](C)(C)C. The topological polar surface area (TPSA) is 37.3 Å². The zero-order valence-corrected chi connectivity index (χ0v) is 6.86. The molecule has 0 atom stereocenters. The zero-order valence-electron chi connectivity index (χ0n) is 9.86. The highest BCUT2D eigenvalue weighted by atomic mass is 28.3. The normalized spacial score (nSPS) is 21.2. The van der Waals surface area contributed by atoms with E-state index in [0.717, 1.165) is 0 Å².